The van der Waals surface area contributed by atoms with Crippen LogP contribution in [0.1, 0.15) is 34.8 Å². The van der Waals surface area contributed by atoms with Crippen LogP contribution in [0.25, 0.3) is 0 Å². The molecule has 0 radical (unpaired) electrons. The molecule has 0 saturated carbocycles. The predicted molar refractivity (Wildman–Crippen MR) is 88.0 cm³/mol. The second-order valence-electron chi connectivity index (χ2n) is 5.07. The number of carbonyl (C=O) groups excluding carboxylic acids is 1. The first-order valence-electron chi connectivity index (χ1n) is 6.88. The zero-order valence-corrected chi connectivity index (χ0v) is 14.1. The first kappa shape index (κ1) is 14.6. The minimum absolute atomic E-state index is 0.113. The predicted octanol–water partition coefficient (Wildman–Crippen LogP) is 4.50. The van der Waals surface area contributed by atoms with Gasteiger partial charge in [-0.1, -0.05) is 12.1 Å². The molecule has 21 heavy (non-hydrogen) atoms. The van der Waals surface area contributed by atoms with Crippen molar-refractivity contribution in [2.24, 2.45) is 0 Å². The molecule has 1 atom stereocenters. The second kappa shape index (κ2) is 6.20. The average molecular weight is 366 g/mol. The average Bonchev–Trinajstić information content (AvgIpc) is 3.15. The fourth-order valence-electron chi connectivity index (χ4n) is 2.79. The van der Waals surface area contributed by atoms with E-state index in [-0.39, 0.29) is 11.9 Å². The minimum atomic E-state index is 0.113. The van der Waals surface area contributed by atoms with Crippen LogP contribution >= 0.6 is 27.3 Å². The van der Waals surface area contributed by atoms with E-state index < -0.39 is 0 Å². The van der Waals surface area contributed by atoms with Gasteiger partial charge in [-0.2, -0.15) is 0 Å². The van der Waals surface area contributed by atoms with Crippen molar-refractivity contribution in [2.75, 3.05) is 13.7 Å². The number of nitrogens with zero attached hydrogens (tertiary/aromatic N) is 1. The molecule has 2 aromatic rings. The first-order valence-corrected chi connectivity index (χ1v) is 8.55. The van der Waals surface area contributed by atoms with Gasteiger partial charge in [-0.15, -0.1) is 11.3 Å². The minimum Gasteiger partial charge on any atom is -0.497 e. The van der Waals surface area contributed by atoms with Gasteiger partial charge < -0.3 is 9.64 Å². The number of thiophene rings is 1. The number of benzene rings is 1. The normalized spacial score (nSPS) is 18.0. The Labute approximate surface area is 136 Å². The van der Waals surface area contributed by atoms with Crippen LogP contribution in [0, 0.1) is 0 Å². The van der Waals surface area contributed by atoms with Gasteiger partial charge in [0, 0.05) is 11.9 Å². The molecule has 1 aromatic carbocycles. The van der Waals surface area contributed by atoms with Gasteiger partial charge in [-0.3, -0.25) is 4.79 Å². The van der Waals surface area contributed by atoms with Crippen molar-refractivity contribution in [3.8, 4) is 5.75 Å². The highest BCUT2D eigenvalue weighted by Crippen LogP contribution is 2.35. The Morgan fingerprint density at radius 3 is 3.00 bits per heavy atom. The van der Waals surface area contributed by atoms with Gasteiger partial charge in [-0.05, 0) is 52.5 Å². The van der Waals surface area contributed by atoms with Crippen molar-refractivity contribution in [1.82, 2.24) is 4.90 Å². The highest BCUT2D eigenvalue weighted by molar-refractivity contribution is 9.11. The summed E-state index contributed by atoms with van der Waals surface area (Å²) in [6.45, 7) is 0.814. The number of hydrogen-bond donors (Lipinski definition) is 0. The number of hydrogen-bond acceptors (Lipinski definition) is 3. The largest absolute Gasteiger partial charge is 0.497 e. The summed E-state index contributed by atoms with van der Waals surface area (Å²) in [6.07, 6.45) is 2.04. The molecule has 1 aliphatic heterocycles. The summed E-state index contributed by atoms with van der Waals surface area (Å²) in [4.78, 5) is 14.7. The Hall–Kier alpha value is -1.33. The van der Waals surface area contributed by atoms with E-state index in [4.69, 9.17) is 4.74 Å². The topological polar surface area (TPSA) is 29.5 Å². The lowest BCUT2D eigenvalue weighted by Crippen LogP contribution is -2.30. The van der Waals surface area contributed by atoms with E-state index in [9.17, 15) is 4.79 Å². The molecule has 0 spiro atoms. The van der Waals surface area contributed by atoms with E-state index in [1.807, 2.05) is 34.5 Å². The van der Waals surface area contributed by atoms with E-state index in [0.29, 0.717) is 0 Å². The molecule has 0 aliphatic carbocycles. The molecule has 0 N–H and O–H groups in total. The molecule has 1 aliphatic rings. The highest BCUT2D eigenvalue weighted by atomic mass is 79.9. The number of ether oxygens (including phenoxy) is 1. The highest BCUT2D eigenvalue weighted by Gasteiger charge is 2.31. The quantitative estimate of drug-likeness (QED) is 0.801. The maximum absolute atomic E-state index is 12.7. The van der Waals surface area contributed by atoms with Crippen LogP contribution in [-0.2, 0) is 0 Å². The molecule has 0 bridgehead atoms. The Kier molecular flexibility index (Phi) is 4.31. The van der Waals surface area contributed by atoms with Gasteiger partial charge in [0.1, 0.15) is 5.75 Å². The Morgan fingerprint density at radius 1 is 1.43 bits per heavy atom. The van der Waals surface area contributed by atoms with Crippen molar-refractivity contribution in [3.05, 3.63) is 50.6 Å². The van der Waals surface area contributed by atoms with Crippen LogP contribution in [0.2, 0.25) is 0 Å². The number of halogens is 1. The smallest absolute Gasteiger partial charge is 0.255 e. The molecule has 5 heteroatoms. The van der Waals surface area contributed by atoms with Gasteiger partial charge in [0.15, 0.2) is 0 Å². The zero-order chi connectivity index (χ0) is 14.8. The fraction of sp³-hybridized carbons (Fsp3) is 0.312. The maximum Gasteiger partial charge on any atom is 0.255 e. The molecule has 1 unspecified atom stereocenters. The molecule has 1 aromatic heterocycles. The van der Waals surface area contributed by atoms with Crippen molar-refractivity contribution in [1.29, 1.82) is 0 Å². The van der Waals surface area contributed by atoms with E-state index in [1.165, 1.54) is 0 Å². The third-order valence-corrected chi connectivity index (χ3v) is 5.31. The summed E-state index contributed by atoms with van der Waals surface area (Å²) in [5, 5.41) is 1.91. The number of rotatable bonds is 3. The van der Waals surface area contributed by atoms with Crippen LogP contribution in [0.4, 0.5) is 0 Å². The SMILES string of the molecule is COc1cccc(C2CCCN2C(=O)c2csc(Br)c2)c1. The molecule has 1 fully saturated rings. The molecular formula is C16H16BrNO2S. The third-order valence-electron chi connectivity index (χ3n) is 3.81. The monoisotopic (exact) mass is 365 g/mol. The lowest BCUT2D eigenvalue weighted by molar-refractivity contribution is 0.0736. The molecule has 1 saturated heterocycles. The van der Waals surface area contributed by atoms with Crippen LogP contribution in [0.3, 0.4) is 0 Å². The Bertz CT molecular complexity index is 655. The lowest BCUT2D eigenvalue weighted by atomic mass is 10.0. The number of likely N-dealkylation sites (tertiary alicyclic amines) is 1. The maximum atomic E-state index is 12.7. The van der Waals surface area contributed by atoms with Crippen LogP contribution in [0.5, 0.6) is 5.75 Å². The number of carbonyl (C=O) groups is 1. The van der Waals surface area contributed by atoms with Crippen LogP contribution in [0.15, 0.2) is 39.5 Å². The first-order chi connectivity index (χ1) is 10.2. The van der Waals surface area contributed by atoms with Gasteiger partial charge in [-0.25, -0.2) is 0 Å². The van der Waals surface area contributed by atoms with Gasteiger partial charge in [0.2, 0.25) is 0 Å². The van der Waals surface area contributed by atoms with Crippen molar-refractivity contribution in [2.45, 2.75) is 18.9 Å². The zero-order valence-electron chi connectivity index (χ0n) is 11.7. The van der Waals surface area contributed by atoms with Crippen molar-refractivity contribution >= 4 is 33.2 Å². The van der Waals surface area contributed by atoms with Crippen molar-refractivity contribution < 1.29 is 9.53 Å². The van der Waals surface area contributed by atoms with Gasteiger partial charge in [0.05, 0.1) is 22.5 Å². The Balaban J connectivity index is 1.86. The number of amides is 1. The third kappa shape index (κ3) is 2.99. The summed E-state index contributed by atoms with van der Waals surface area (Å²) in [5.74, 6) is 0.951. The molecule has 110 valence electrons. The molecule has 3 rings (SSSR count). The molecule has 2 heterocycles. The standard InChI is InChI=1S/C16H16BrNO2S/c1-20-13-5-2-4-11(8-13)14-6-3-7-18(14)16(19)12-9-15(17)21-10-12/h2,4-5,8-10,14H,3,6-7H2,1H3. The Morgan fingerprint density at radius 2 is 2.29 bits per heavy atom. The summed E-state index contributed by atoms with van der Waals surface area (Å²) >= 11 is 4.96. The van der Waals surface area contributed by atoms with Gasteiger partial charge >= 0.3 is 0 Å². The van der Waals surface area contributed by atoms with E-state index in [2.05, 4.69) is 22.0 Å². The lowest BCUT2D eigenvalue weighted by Gasteiger charge is -2.25. The molecule has 3 nitrogen and oxygen atoms in total. The molecular weight excluding hydrogens is 350 g/mol. The van der Waals surface area contributed by atoms with E-state index in [0.717, 1.165) is 40.0 Å². The summed E-state index contributed by atoms with van der Waals surface area (Å²) < 4.78 is 6.28. The summed E-state index contributed by atoms with van der Waals surface area (Å²) in [6, 6.07) is 10.1. The van der Waals surface area contributed by atoms with Crippen molar-refractivity contribution in [3.63, 3.8) is 0 Å². The summed E-state index contributed by atoms with van der Waals surface area (Å²) in [5.41, 5.74) is 1.91. The summed E-state index contributed by atoms with van der Waals surface area (Å²) in [7, 11) is 1.67. The fourth-order valence-corrected chi connectivity index (χ4v) is 3.92. The van der Waals surface area contributed by atoms with Crippen LogP contribution < -0.4 is 4.74 Å². The second-order valence-corrected chi connectivity index (χ2v) is 7.36. The number of methoxy groups -OCH3 is 1. The van der Waals surface area contributed by atoms with E-state index in [1.54, 1.807) is 18.4 Å². The van der Waals surface area contributed by atoms with Gasteiger partial charge in [0.25, 0.3) is 5.91 Å². The molecule has 1 amide bonds. The van der Waals surface area contributed by atoms with Crippen LogP contribution in [-0.4, -0.2) is 24.5 Å². The van der Waals surface area contributed by atoms with E-state index >= 15 is 0 Å².